The van der Waals surface area contributed by atoms with Gasteiger partial charge in [0.2, 0.25) is 0 Å². The molecule has 1 N–H and O–H groups in total. The van der Waals surface area contributed by atoms with Crippen molar-refractivity contribution in [2.75, 3.05) is 13.1 Å². The minimum Gasteiger partial charge on any atom is -0.316 e. The maximum absolute atomic E-state index is 4.50. The molecule has 1 aromatic heterocycles. The Labute approximate surface area is 91.9 Å². The summed E-state index contributed by atoms with van der Waals surface area (Å²) in [6.45, 7) is 4.52. The summed E-state index contributed by atoms with van der Waals surface area (Å²) >= 11 is 0. The summed E-state index contributed by atoms with van der Waals surface area (Å²) in [5.41, 5.74) is 1.28. The van der Waals surface area contributed by atoms with Crippen molar-refractivity contribution in [3.63, 3.8) is 0 Å². The maximum atomic E-state index is 4.50. The lowest BCUT2D eigenvalue weighted by atomic mass is 9.72. The molecule has 0 saturated heterocycles. The maximum Gasteiger partial charge on any atom is 0.0658 e. The van der Waals surface area contributed by atoms with Gasteiger partial charge < -0.3 is 5.32 Å². The van der Waals surface area contributed by atoms with Gasteiger partial charge in [-0.3, -0.25) is 4.68 Å². The summed E-state index contributed by atoms with van der Waals surface area (Å²) in [5.74, 6) is 1.52. The molecule has 0 bridgehead atoms. The molecule has 1 fully saturated rings. The number of aryl methyl sites for hydroxylation is 1. The molecule has 0 aliphatic heterocycles. The molecule has 3 heteroatoms. The molecule has 3 nitrogen and oxygen atoms in total. The van der Waals surface area contributed by atoms with Crippen LogP contribution in [0.15, 0.2) is 12.3 Å². The van der Waals surface area contributed by atoms with Crippen LogP contribution in [0.3, 0.4) is 0 Å². The van der Waals surface area contributed by atoms with Gasteiger partial charge in [-0.2, -0.15) is 5.10 Å². The number of hydrogen-bond donors (Lipinski definition) is 1. The predicted octanol–water partition coefficient (Wildman–Crippen LogP) is 1.91. The lowest BCUT2D eigenvalue weighted by Crippen LogP contribution is -2.34. The number of hydrogen-bond acceptors (Lipinski definition) is 2. The predicted molar refractivity (Wildman–Crippen MR) is 61.8 cm³/mol. The molecule has 15 heavy (non-hydrogen) atoms. The molecular weight excluding hydrogens is 186 g/mol. The number of aromatic nitrogens is 2. The van der Waals surface area contributed by atoms with E-state index in [0.717, 1.165) is 19.0 Å². The second-order valence-electron chi connectivity index (χ2n) is 4.56. The Kier molecular flexibility index (Phi) is 3.41. The first-order valence-electron chi connectivity index (χ1n) is 6.01. The Hall–Kier alpha value is -0.830. The Bertz CT molecular complexity index is 306. The zero-order chi connectivity index (χ0) is 10.7. The Morgan fingerprint density at radius 1 is 1.53 bits per heavy atom. The first-order valence-corrected chi connectivity index (χ1v) is 6.01. The summed E-state index contributed by atoms with van der Waals surface area (Å²) in [5, 5.41) is 8.01. The van der Waals surface area contributed by atoms with Gasteiger partial charge in [-0.05, 0) is 44.3 Å². The molecule has 1 aliphatic carbocycles. The SMILES string of the molecule is CCCNCC1CCC1c1ccn(C)n1. The summed E-state index contributed by atoms with van der Waals surface area (Å²) < 4.78 is 1.91. The molecule has 1 heterocycles. The molecule has 2 unspecified atom stereocenters. The van der Waals surface area contributed by atoms with Gasteiger partial charge in [0, 0.05) is 19.2 Å². The van der Waals surface area contributed by atoms with Crippen LogP contribution in [-0.2, 0) is 7.05 Å². The summed E-state index contributed by atoms with van der Waals surface area (Å²) in [6, 6.07) is 2.16. The van der Waals surface area contributed by atoms with E-state index in [4.69, 9.17) is 0 Å². The van der Waals surface area contributed by atoms with Crippen LogP contribution in [0.1, 0.15) is 37.8 Å². The second kappa shape index (κ2) is 4.79. The van der Waals surface area contributed by atoms with Gasteiger partial charge in [0.1, 0.15) is 0 Å². The van der Waals surface area contributed by atoms with E-state index in [-0.39, 0.29) is 0 Å². The lowest BCUT2D eigenvalue weighted by Gasteiger charge is -2.35. The van der Waals surface area contributed by atoms with E-state index >= 15 is 0 Å². The van der Waals surface area contributed by atoms with E-state index in [2.05, 4.69) is 23.4 Å². The van der Waals surface area contributed by atoms with Crippen LogP contribution in [0.2, 0.25) is 0 Å². The first kappa shape index (κ1) is 10.7. The Balaban J connectivity index is 1.83. The van der Waals surface area contributed by atoms with Crippen molar-refractivity contribution in [3.8, 4) is 0 Å². The largest absolute Gasteiger partial charge is 0.316 e. The second-order valence-corrected chi connectivity index (χ2v) is 4.56. The molecule has 2 atom stereocenters. The highest BCUT2D eigenvalue weighted by molar-refractivity contribution is 5.12. The van der Waals surface area contributed by atoms with Gasteiger partial charge in [-0.25, -0.2) is 0 Å². The van der Waals surface area contributed by atoms with E-state index in [1.807, 2.05) is 17.9 Å². The molecule has 0 amide bonds. The van der Waals surface area contributed by atoms with Crippen LogP contribution in [0.25, 0.3) is 0 Å². The average Bonchev–Trinajstić information content (AvgIpc) is 2.57. The van der Waals surface area contributed by atoms with Crippen LogP contribution < -0.4 is 5.32 Å². The molecule has 84 valence electrons. The highest BCUT2D eigenvalue weighted by Crippen LogP contribution is 2.41. The van der Waals surface area contributed by atoms with Crippen molar-refractivity contribution in [2.24, 2.45) is 13.0 Å². The van der Waals surface area contributed by atoms with Crippen LogP contribution in [0, 0.1) is 5.92 Å². The molecular formula is C12H21N3. The van der Waals surface area contributed by atoms with Crippen LogP contribution in [0.4, 0.5) is 0 Å². The van der Waals surface area contributed by atoms with Crippen LogP contribution in [-0.4, -0.2) is 22.9 Å². The number of nitrogens with one attached hydrogen (secondary N) is 1. The summed E-state index contributed by atoms with van der Waals surface area (Å²) in [6.07, 6.45) is 5.94. The van der Waals surface area contributed by atoms with Gasteiger partial charge in [0.25, 0.3) is 0 Å². The van der Waals surface area contributed by atoms with E-state index in [1.54, 1.807) is 0 Å². The molecule has 2 rings (SSSR count). The molecule has 1 aromatic rings. The fourth-order valence-electron chi connectivity index (χ4n) is 2.30. The highest BCUT2D eigenvalue weighted by Gasteiger charge is 2.32. The van der Waals surface area contributed by atoms with Crippen molar-refractivity contribution in [1.29, 1.82) is 0 Å². The first-order chi connectivity index (χ1) is 7.31. The van der Waals surface area contributed by atoms with Crippen LogP contribution in [0.5, 0.6) is 0 Å². The Morgan fingerprint density at radius 3 is 2.93 bits per heavy atom. The third-order valence-corrected chi connectivity index (χ3v) is 3.36. The van der Waals surface area contributed by atoms with Crippen molar-refractivity contribution in [3.05, 3.63) is 18.0 Å². The smallest absolute Gasteiger partial charge is 0.0658 e. The third kappa shape index (κ3) is 2.40. The minimum atomic E-state index is 0.704. The van der Waals surface area contributed by atoms with Gasteiger partial charge in [0.15, 0.2) is 0 Å². The lowest BCUT2D eigenvalue weighted by molar-refractivity contribution is 0.240. The molecule has 0 aromatic carbocycles. The fraction of sp³-hybridized carbons (Fsp3) is 0.750. The molecule has 0 spiro atoms. The van der Waals surface area contributed by atoms with E-state index in [9.17, 15) is 0 Å². The van der Waals surface area contributed by atoms with Gasteiger partial charge in [0.05, 0.1) is 5.69 Å². The number of rotatable bonds is 5. The normalized spacial score (nSPS) is 25.2. The fourth-order valence-corrected chi connectivity index (χ4v) is 2.30. The van der Waals surface area contributed by atoms with Crippen molar-refractivity contribution < 1.29 is 0 Å². The molecule has 1 saturated carbocycles. The molecule has 1 aliphatic rings. The van der Waals surface area contributed by atoms with Gasteiger partial charge in [-0.15, -0.1) is 0 Å². The summed E-state index contributed by atoms with van der Waals surface area (Å²) in [4.78, 5) is 0. The van der Waals surface area contributed by atoms with Gasteiger partial charge in [-0.1, -0.05) is 6.92 Å². The van der Waals surface area contributed by atoms with Crippen molar-refractivity contribution in [1.82, 2.24) is 15.1 Å². The van der Waals surface area contributed by atoms with Crippen molar-refractivity contribution >= 4 is 0 Å². The van der Waals surface area contributed by atoms with E-state index < -0.39 is 0 Å². The van der Waals surface area contributed by atoms with E-state index in [1.165, 1.54) is 25.0 Å². The quantitative estimate of drug-likeness (QED) is 0.747. The topological polar surface area (TPSA) is 29.9 Å². The number of nitrogens with zero attached hydrogens (tertiary/aromatic N) is 2. The standard InChI is InChI=1S/C12H21N3/c1-3-7-13-9-10-4-5-11(10)12-6-8-15(2)14-12/h6,8,10-11,13H,3-5,7,9H2,1-2H3. The highest BCUT2D eigenvalue weighted by atomic mass is 15.2. The average molecular weight is 207 g/mol. The van der Waals surface area contributed by atoms with Crippen LogP contribution >= 0.6 is 0 Å². The monoisotopic (exact) mass is 207 g/mol. The van der Waals surface area contributed by atoms with E-state index in [0.29, 0.717) is 5.92 Å². The third-order valence-electron chi connectivity index (χ3n) is 3.36. The summed E-state index contributed by atoms with van der Waals surface area (Å²) in [7, 11) is 1.99. The zero-order valence-corrected chi connectivity index (χ0v) is 9.74. The Morgan fingerprint density at radius 2 is 2.40 bits per heavy atom. The molecule has 0 radical (unpaired) electrons. The van der Waals surface area contributed by atoms with Crippen molar-refractivity contribution in [2.45, 2.75) is 32.1 Å². The van der Waals surface area contributed by atoms with Gasteiger partial charge >= 0.3 is 0 Å². The minimum absolute atomic E-state index is 0.704. The zero-order valence-electron chi connectivity index (χ0n) is 9.74.